The van der Waals surface area contributed by atoms with Crippen LogP contribution < -0.4 is 0 Å². The molecule has 0 bridgehead atoms. The first kappa shape index (κ1) is 11.7. The van der Waals surface area contributed by atoms with Crippen molar-refractivity contribution < 1.29 is 9.59 Å². The molecule has 3 rings (SSSR count). The molecule has 0 saturated heterocycles. The zero-order valence-corrected chi connectivity index (χ0v) is 11.9. The number of fused-ring (bicyclic) bond motifs is 3. The number of halogens is 2. The molecule has 1 aliphatic rings. The van der Waals surface area contributed by atoms with Crippen molar-refractivity contribution in [1.29, 1.82) is 0 Å². The van der Waals surface area contributed by atoms with Gasteiger partial charge in [-0.2, -0.15) is 0 Å². The Morgan fingerprint density at radius 2 is 1.17 bits per heavy atom. The van der Waals surface area contributed by atoms with Gasteiger partial charge in [-0.25, -0.2) is 0 Å². The number of carbonyl (C=O) groups is 2. The average Bonchev–Trinajstić information content (AvgIpc) is 2.36. The highest BCUT2D eigenvalue weighted by Crippen LogP contribution is 2.34. The van der Waals surface area contributed by atoms with Crippen molar-refractivity contribution in [1.82, 2.24) is 9.97 Å². The fourth-order valence-corrected chi connectivity index (χ4v) is 2.53. The van der Waals surface area contributed by atoms with Crippen LogP contribution in [0.4, 0.5) is 0 Å². The van der Waals surface area contributed by atoms with Gasteiger partial charge in [0.15, 0.2) is 0 Å². The quantitative estimate of drug-likeness (QED) is 0.671. The van der Waals surface area contributed by atoms with Gasteiger partial charge in [-0.1, -0.05) is 0 Å². The minimum atomic E-state index is -0.611. The van der Waals surface area contributed by atoms with Gasteiger partial charge >= 0.3 is 0 Å². The standard InChI is InChI=1S/C12H4Br2N2O2/c13-5-1-7-8-2-6(14)4-16-10(8)12(18)11(17)9(7)15-3-5/h1-4H. The lowest BCUT2D eigenvalue weighted by molar-refractivity contribution is 0.0809. The molecular weight excluding hydrogens is 364 g/mol. The molecule has 0 aliphatic heterocycles. The average molecular weight is 368 g/mol. The monoisotopic (exact) mass is 366 g/mol. The summed E-state index contributed by atoms with van der Waals surface area (Å²) in [7, 11) is 0. The maximum Gasteiger partial charge on any atom is 0.254 e. The molecule has 0 atom stereocenters. The number of pyridine rings is 2. The van der Waals surface area contributed by atoms with E-state index in [9.17, 15) is 9.59 Å². The molecular formula is C12H4Br2N2O2. The lowest BCUT2D eigenvalue weighted by Crippen LogP contribution is -2.23. The zero-order valence-electron chi connectivity index (χ0n) is 8.78. The molecule has 0 spiro atoms. The molecule has 0 aromatic carbocycles. The van der Waals surface area contributed by atoms with Gasteiger partial charge in [0.05, 0.1) is 0 Å². The van der Waals surface area contributed by atoms with Gasteiger partial charge in [0, 0.05) is 32.5 Å². The second kappa shape index (κ2) is 4.07. The summed E-state index contributed by atoms with van der Waals surface area (Å²) in [5, 5.41) is 0. The number of ketones is 2. The molecule has 4 nitrogen and oxygen atoms in total. The minimum Gasteiger partial charge on any atom is -0.283 e. The summed E-state index contributed by atoms with van der Waals surface area (Å²) in [6.45, 7) is 0. The van der Waals surface area contributed by atoms with E-state index in [0.717, 1.165) is 8.95 Å². The van der Waals surface area contributed by atoms with Crippen molar-refractivity contribution in [3.05, 3.63) is 44.9 Å². The Morgan fingerprint density at radius 1 is 0.778 bits per heavy atom. The molecule has 2 aromatic heterocycles. The molecule has 6 heteroatoms. The normalized spacial score (nSPS) is 13.2. The van der Waals surface area contributed by atoms with E-state index < -0.39 is 11.6 Å². The van der Waals surface area contributed by atoms with Crippen molar-refractivity contribution in [2.45, 2.75) is 0 Å². The largest absolute Gasteiger partial charge is 0.283 e. The number of nitrogens with zero attached hydrogens (tertiary/aromatic N) is 2. The number of hydrogen-bond acceptors (Lipinski definition) is 4. The first-order valence-corrected chi connectivity index (χ1v) is 6.57. The van der Waals surface area contributed by atoms with Crippen LogP contribution in [0.2, 0.25) is 0 Å². The topological polar surface area (TPSA) is 59.9 Å². The maximum absolute atomic E-state index is 11.9. The lowest BCUT2D eigenvalue weighted by Gasteiger charge is -2.16. The van der Waals surface area contributed by atoms with Crippen LogP contribution >= 0.6 is 31.9 Å². The van der Waals surface area contributed by atoms with Crippen LogP contribution in [-0.4, -0.2) is 21.5 Å². The summed E-state index contributed by atoms with van der Waals surface area (Å²) < 4.78 is 1.49. The zero-order chi connectivity index (χ0) is 12.9. The van der Waals surface area contributed by atoms with Gasteiger partial charge in [-0.05, 0) is 44.0 Å². The fourth-order valence-electron chi connectivity index (χ4n) is 1.87. The Balaban J connectivity index is 2.40. The molecule has 2 aromatic rings. The van der Waals surface area contributed by atoms with Crippen LogP contribution in [0.5, 0.6) is 0 Å². The molecule has 88 valence electrons. The van der Waals surface area contributed by atoms with E-state index in [1.54, 1.807) is 12.1 Å². The summed E-state index contributed by atoms with van der Waals surface area (Å²) in [4.78, 5) is 31.8. The number of rotatable bonds is 0. The van der Waals surface area contributed by atoms with Crippen LogP contribution in [0.3, 0.4) is 0 Å². The maximum atomic E-state index is 11.9. The van der Waals surface area contributed by atoms with Crippen LogP contribution in [0.25, 0.3) is 11.1 Å². The third kappa shape index (κ3) is 1.64. The van der Waals surface area contributed by atoms with Crippen LogP contribution in [0.1, 0.15) is 21.0 Å². The van der Waals surface area contributed by atoms with Crippen molar-refractivity contribution >= 4 is 43.4 Å². The predicted molar refractivity (Wildman–Crippen MR) is 71.5 cm³/mol. The summed E-state index contributed by atoms with van der Waals surface area (Å²) >= 11 is 6.61. The van der Waals surface area contributed by atoms with Crippen molar-refractivity contribution in [2.24, 2.45) is 0 Å². The van der Waals surface area contributed by atoms with Crippen LogP contribution in [0, 0.1) is 0 Å². The number of carbonyl (C=O) groups excluding carboxylic acids is 2. The molecule has 0 N–H and O–H groups in total. The van der Waals surface area contributed by atoms with Gasteiger partial charge in [0.25, 0.3) is 11.6 Å². The van der Waals surface area contributed by atoms with Gasteiger partial charge in [-0.3, -0.25) is 19.6 Å². The van der Waals surface area contributed by atoms with E-state index in [4.69, 9.17) is 0 Å². The van der Waals surface area contributed by atoms with Gasteiger partial charge in [-0.15, -0.1) is 0 Å². The predicted octanol–water partition coefficient (Wildman–Crippen LogP) is 3.05. The van der Waals surface area contributed by atoms with Crippen molar-refractivity contribution in [3.8, 4) is 11.1 Å². The van der Waals surface area contributed by atoms with Crippen LogP contribution in [0.15, 0.2) is 33.5 Å². The molecule has 0 radical (unpaired) electrons. The molecule has 0 unspecified atom stereocenters. The number of Topliss-reactive ketones (excluding diaryl/α,β-unsaturated/α-hetero) is 2. The highest BCUT2D eigenvalue weighted by Gasteiger charge is 2.32. The Labute approximate surface area is 119 Å². The smallest absolute Gasteiger partial charge is 0.254 e. The summed E-state index contributed by atoms with van der Waals surface area (Å²) in [5.74, 6) is -1.22. The van der Waals surface area contributed by atoms with E-state index in [-0.39, 0.29) is 11.4 Å². The Morgan fingerprint density at radius 3 is 1.56 bits per heavy atom. The van der Waals surface area contributed by atoms with E-state index in [1.165, 1.54) is 12.4 Å². The second-order valence-electron chi connectivity index (χ2n) is 3.76. The molecule has 0 amide bonds. The van der Waals surface area contributed by atoms with Crippen molar-refractivity contribution in [3.63, 3.8) is 0 Å². The summed E-state index contributed by atoms with van der Waals surface area (Å²) in [6, 6.07) is 3.53. The summed E-state index contributed by atoms with van der Waals surface area (Å²) in [6.07, 6.45) is 3.00. The lowest BCUT2D eigenvalue weighted by atomic mass is 9.90. The van der Waals surface area contributed by atoms with E-state index in [1.807, 2.05) is 0 Å². The van der Waals surface area contributed by atoms with Crippen LogP contribution in [-0.2, 0) is 0 Å². The molecule has 0 saturated carbocycles. The SMILES string of the molecule is O=C1C(=O)c2ncc(Br)cc2-c2cc(Br)cnc21. The summed E-state index contributed by atoms with van der Waals surface area (Å²) in [5.41, 5.74) is 1.60. The number of hydrogen-bond donors (Lipinski definition) is 0. The highest BCUT2D eigenvalue weighted by atomic mass is 79.9. The van der Waals surface area contributed by atoms with Crippen molar-refractivity contribution in [2.75, 3.05) is 0 Å². The van der Waals surface area contributed by atoms with E-state index in [2.05, 4.69) is 41.8 Å². The van der Waals surface area contributed by atoms with E-state index in [0.29, 0.717) is 11.1 Å². The Bertz CT molecular complexity index is 652. The molecule has 0 fully saturated rings. The molecule has 1 aliphatic carbocycles. The minimum absolute atomic E-state index is 0.176. The third-order valence-corrected chi connectivity index (χ3v) is 3.50. The fraction of sp³-hybridized carbons (Fsp3) is 0. The van der Waals surface area contributed by atoms with Gasteiger partial charge < -0.3 is 0 Å². The molecule has 18 heavy (non-hydrogen) atoms. The van der Waals surface area contributed by atoms with E-state index >= 15 is 0 Å². The third-order valence-electron chi connectivity index (χ3n) is 2.64. The molecule has 2 heterocycles. The Hall–Kier alpha value is -1.40. The Kier molecular flexibility index (Phi) is 2.64. The first-order valence-electron chi connectivity index (χ1n) is 4.98. The first-order chi connectivity index (χ1) is 8.58. The second-order valence-corrected chi connectivity index (χ2v) is 5.59. The highest BCUT2D eigenvalue weighted by molar-refractivity contribution is 9.10. The number of aromatic nitrogens is 2. The van der Waals surface area contributed by atoms with Gasteiger partial charge in [0.2, 0.25) is 0 Å². The van der Waals surface area contributed by atoms with Gasteiger partial charge in [0.1, 0.15) is 11.4 Å².